The Morgan fingerprint density at radius 1 is 0.682 bits per heavy atom. The summed E-state index contributed by atoms with van der Waals surface area (Å²) < 4.78 is 0. The van der Waals surface area contributed by atoms with Gasteiger partial charge in [0.25, 0.3) is 0 Å². The van der Waals surface area contributed by atoms with Crippen molar-refractivity contribution < 1.29 is 0 Å². The maximum Gasteiger partial charge on any atom is 0.0725 e. The first-order valence-electron chi connectivity index (χ1n) is 7.43. The van der Waals surface area contributed by atoms with Crippen LogP contribution in [0, 0.1) is 13.8 Å². The van der Waals surface area contributed by atoms with Crippen molar-refractivity contribution in [1.82, 2.24) is 9.97 Å². The summed E-state index contributed by atoms with van der Waals surface area (Å²) in [4.78, 5) is 9.37. The van der Waals surface area contributed by atoms with Crippen LogP contribution in [-0.4, -0.2) is 9.97 Å². The summed E-state index contributed by atoms with van der Waals surface area (Å²) in [5.74, 6) is 0. The van der Waals surface area contributed by atoms with Crippen LogP contribution in [0.2, 0.25) is 0 Å². The molecule has 0 bridgehead atoms. The van der Waals surface area contributed by atoms with Gasteiger partial charge in [0.05, 0.1) is 16.7 Å². The topological polar surface area (TPSA) is 25.8 Å². The maximum atomic E-state index is 4.79. The van der Waals surface area contributed by atoms with Crippen LogP contribution in [0.25, 0.3) is 33.1 Å². The monoisotopic (exact) mass is 284 g/mol. The van der Waals surface area contributed by atoms with E-state index in [0.29, 0.717) is 0 Å². The van der Waals surface area contributed by atoms with Crippen LogP contribution in [0.4, 0.5) is 0 Å². The first-order chi connectivity index (χ1) is 10.7. The molecule has 2 aromatic heterocycles. The molecule has 0 unspecified atom stereocenters. The van der Waals surface area contributed by atoms with Crippen molar-refractivity contribution >= 4 is 21.8 Å². The summed E-state index contributed by atoms with van der Waals surface area (Å²) in [5.41, 5.74) is 6.53. The van der Waals surface area contributed by atoms with Crippen LogP contribution in [-0.2, 0) is 0 Å². The second-order valence-electron chi connectivity index (χ2n) is 5.81. The van der Waals surface area contributed by atoms with Gasteiger partial charge < -0.3 is 0 Å². The normalized spacial score (nSPS) is 11.2. The van der Waals surface area contributed by atoms with Crippen LogP contribution >= 0.6 is 0 Å². The van der Waals surface area contributed by atoms with Crippen molar-refractivity contribution in [2.45, 2.75) is 13.8 Å². The smallest absolute Gasteiger partial charge is 0.0725 e. The largest absolute Gasteiger partial charge is 0.256 e. The molecule has 0 saturated heterocycles. The fraction of sp³-hybridized carbons (Fsp3) is 0.100. The number of fused-ring (bicyclic) bond motifs is 2. The minimum atomic E-state index is 0.966. The Kier molecular flexibility index (Phi) is 2.90. The Hall–Kier alpha value is -2.74. The van der Waals surface area contributed by atoms with Crippen molar-refractivity contribution in [2.24, 2.45) is 0 Å². The molecule has 0 aliphatic heterocycles. The predicted molar refractivity (Wildman–Crippen MR) is 92.0 cm³/mol. The number of aromatic nitrogens is 2. The Balaban J connectivity index is 1.88. The third-order valence-corrected chi connectivity index (χ3v) is 3.98. The minimum Gasteiger partial charge on any atom is -0.256 e. The van der Waals surface area contributed by atoms with Gasteiger partial charge in [-0.05, 0) is 49.2 Å². The highest BCUT2D eigenvalue weighted by molar-refractivity contribution is 5.86. The zero-order valence-electron chi connectivity index (χ0n) is 12.7. The molecule has 2 heteroatoms. The number of benzene rings is 2. The molecule has 0 amide bonds. The highest BCUT2D eigenvalue weighted by Crippen LogP contribution is 2.24. The third kappa shape index (κ3) is 2.23. The van der Waals surface area contributed by atoms with E-state index in [0.717, 1.165) is 27.7 Å². The van der Waals surface area contributed by atoms with Crippen molar-refractivity contribution in [3.63, 3.8) is 0 Å². The fourth-order valence-corrected chi connectivity index (χ4v) is 2.76. The fourth-order valence-electron chi connectivity index (χ4n) is 2.76. The molecule has 0 N–H and O–H groups in total. The highest BCUT2D eigenvalue weighted by Gasteiger charge is 2.04. The van der Waals surface area contributed by atoms with E-state index in [1.807, 2.05) is 6.20 Å². The predicted octanol–water partition coefficient (Wildman–Crippen LogP) is 5.07. The second-order valence-corrected chi connectivity index (χ2v) is 5.81. The molecule has 0 aliphatic rings. The molecule has 0 saturated carbocycles. The molecule has 0 fully saturated rings. The lowest BCUT2D eigenvalue weighted by atomic mass is 10.1. The number of aryl methyl sites for hydroxylation is 2. The summed E-state index contributed by atoms with van der Waals surface area (Å²) >= 11 is 0. The summed E-state index contributed by atoms with van der Waals surface area (Å²) in [6.45, 7) is 4.18. The van der Waals surface area contributed by atoms with Gasteiger partial charge in [0.2, 0.25) is 0 Å². The minimum absolute atomic E-state index is 0.966. The number of hydrogen-bond donors (Lipinski definition) is 0. The Bertz CT molecular complexity index is 1000. The first kappa shape index (κ1) is 13.0. The molecule has 0 spiro atoms. The lowest BCUT2D eigenvalue weighted by Gasteiger charge is -2.06. The number of hydrogen-bond acceptors (Lipinski definition) is 2. The van der Waals surface area contributed by atoms with Crippen molar-refractivity contribution in [2.75, 3.05) is 0 Å². The lowest BCUT2D eigenvalue weighted by molar-refractivity contribution is 1.34. The van der Waals surface area contributed by atoms with E-state index in [1.54, 1.807) is 0 Å². The van der Waals surface area contributed by atoms with Gasteiger partial charge in [-0.25, -0.2) is 4.98 Å². The Morgan fingerprint density at radius 3 is 2.18 bits per heavy atom. The van der Waals surface area contributed by atoms with E-state index < -0.39 is 0 Å². The van der Waals surface area contributed by atoms with Gasteiger partial charge in [-0.3, -0.25) is 4.98 Å². The SMILES string of the molecule is Cc1ccc2cc(-c3ccc4ccc(C)cc4n3)cnc2c1. The van der Waals surface area contributed by atoms with E-state index in [2.05, 4.69) is 73.4 Å². The van der Waals surface area contributed by atoms with Crippen LogP contribution < -0.4 is 0 Å². The number of nitrogens with zero attached hydrogens (tertiary/aromatic N) is 2. The molecule has 0 aliphatic carbocycles. The van der Waals surface area contributed by atoms with E-state index in [4.69, 9.17) is 4.98 Å². The molecule has 0 atom stereocenters. The molecular formula is C20H16N2. The zero-order chi connectivity index (χ0) is 15.1. The summed E-state index contributed by atoms with van der Waals surface area (Å²) in [7, 11) is 0. The average molecular weight is 284 g/mol. The molecule has 2 heterocycles. The lowest BCUT2D eigenvalue weighted by Crippen LogP contribution is -1.88. The molecule has 0 radical (unpaired) electrons. The van der Waals surface area contributed by atoms with E-state index in [1.165, 1.54) is 16.5 Å². The van der Waals surface area contributed by atoms with Gasteiger partial charge >= 0.3 is 0 Å². The first-order valence-corrected chi connectivity index (χ1v) is 7.43. The third-order valence-electron chi connectivity index (χ3n) is 3.98. The van der Waals surface area contributed by atoms with Gasteiger partial charge in [-0.1, -0.05) is 30.3 Å². The van der Waals surface area contributed by atoms with Crippen LogP contribution in [0.5, 0.6) is 0 Å². The summed E-state index contributed by atoms with van der Waals surface area (Å²) in [6.07, 6.45) is 1.91. The quantitative estimate of drug-likeness (QED) is 0.488. The Labute approximate surface area is 129 Å². The zero-order valence-corrected chi connectivity index (χ0v) is 12.7. The van der Waals surface area contributed by atoms with Gasteiger partial charge in [-0.15, -0.1) is 0 Å². The van der Waals surface area contributed by atoms with Gasteiger partial charge in [0.1, 0.15) is 0 Å². The van der Waals surface area contributed by atoms with Gasteiger partial charge in [0.15, 0.2) is 0 Å². The van der Waals surface area contributed by atoms with E-state index >= 15 is 0 Å². The van der Waals surface area contributed by atoms with Gasteiger partial charge in [-0.2, -0.15) is 0 Å². The van der Waals surface area contributed by atoms with E-state index in [9.17, 15) is 0 Å². The highest BCUT2D eigenvalue weighted by atomic mass is 14.7. The molecule has 2 aromatic carbocycles. The number of pyridine rings is 2. The second kappa shape index (κ2) is 4.92. The van der Waals surface area contributed by atoms with Crippen LogP contribution in [0.1, 0.15) is 11.1 Å². The molecule has 106 valence electrons. The molecule has 22 heavy (non-hydrogen) atoms. The van der Waals surface area contributed by atoms with Crippen LogP contribution in [0.3, 0.4) is 0 Å². The molecular weight excluding hydrogens is 268 g/mol. The maximum absolute atomic E-state index is 4.79. The Morgan fingerprint density at radius 2 is 1.36 bits per heavy atom. The van der Waals surface area contributed by atoms with Crippen molar-refractivity contribution in [3.8, 4) is 11.3 Å². The van der Waals surface area contributed by atoms with E-state index in [-0.39, 0.29) is 0 Å². The van der Waals surface area contributed by atoms with Crippen LogP contribution in [0.15, 0.2) is 60.8 Å². The van der Waals surface area contributed by atoms with Crippen molar-refractivity contribution in [3.05, 3.63) is 71.9 Å². The number of rotatable bonds is 1. The molecule has 4 aromatic rings. The summed E-state index contributed by atoms with van der Waals surface area (Å²) in [6, 6.07) is 19.0. The van der Waals surface area contributed by atoms with Gasteiger partial charge in [0, 0.05) is 22.5 Å². The average Bonchev–Trinajstić information content (AvgIpc) is 2.53. The van der Waals surface area contributed by atoms with Crippen molar-refractivity contribution in [1.29, 1.82) is 0 Å². The standard InChI is InChI=1S/C20H16N2/c1-13-4-6-16-11-17(12-21-19(16)9-13)18-8-7-15-5-3-14(2)10-20(15)22-18/h3-12H,1-2H3. The molecule has 4 rings (SSSR count). The summed E-state index contributed by atoms with van der Waals surface area (Å²) in [5, 5.41) is 2.31. The molecule has 2 nitrogen and oxygen atoms in total.